The van der Waals surface area contributed by atoms with E-state index in [4.69, 9.17) is 9.15 Å². The van der Waals surface area contributed by atoms with E-state index in [2.05, 4.69) is 6.58 Å². The second-order valence-corrected chi connectivity index (χ2v) is 9.98. The van der Waals surface area contributed by atoms with Crippen LogP contribution >= 0.6 is 0 Å². The lowest BCUT2D eigenvalue weighted by Crippen LogP contribution is -2.56. The van der Waals surface area contributed by atoms with Crippen molar-refractivity contribution in [1.82, 2.24) is 0 Å². The number of hydrogen-bond donors (Lipinski definition) is 2. The van der Waals surface area contributed by atoms with Crippen molar-refractivity contribution < 1.29 is 33.8 Å². The minimum absolute atomic E-state index is 0.122. The van der Waals surface area contributed by atoms with Gasteiger partial charge in [0.05, 0.1) is 12.0 Å². The molecule has 2 N–H and O–H groups in total. The number of allylic oxidation sites excluding steroid dienone is 1. The number of ether oxygens (including phenoxy) is 1. The van der Waals surface area contributed by atoms with Gasteiger partial charge in [0.1, 0.15) is 23.7 Å². The average molecular weight is 440 g/mol. The third-order valence-corrected chi connectivity index (χ3v) is 8.44. The Kier molecular flexibility index (Phi) is 4.66. The van der Waals surface area contributed by atoms with Crippen molar-refractivity contribution in [2.45, 2.75) is 57.5 Å². The fourth-order valence-corrected chi connectivity index (χ4v) is 6.82. The summed E-state index contributed by atoms with van der Waals surface area (Å²) in [5.74, 6) is -1.33. The highest BCUT2D eigenvalue weighted by molar-refractivity contribution is 6.14. The van der Waals surface area contributed by atoms with Crippen LogP contribution < -0.4 is 0 Å². The molecule has 7 heteroatoms. The van der Waals surface area contributed by atoms with E-state index in [-0.39, 0.29) is 48.4 Å². The summed E-state index contributed by atoms with van der Waals surface area (Å²) in [4.78, 5) is 39.7. The highest BCUT2D eigenvalue weighted by atomic mass is 16.5. The summed E-state index contributed by atoms with van der Waals surface area (Å²) in [6.07, 6.45) is 3.08. The van der Waals surface area contributed by atoms with Gasteiger partial charge in [0.15, 0.2) is 5.76 Å². The van der Waals surface area contributed by atoms with Crippen LogP contribution in [0, 0.1) is 17.3 Å². The molecule has 1 unspecified atom stereocenters. The molecule has 1 aromatic heterocycles. The Bertz CT molecular complexity index is 1090. The van der Waals surface area contributed by atoms with Crippen molar-refractivity contribution in [3.63, 3.8) is 0 Å². The van der Waals surface area contributed by atoms with Gasteiger partial charge in [0, 0.05) is 47.8 Å². The van der Waals surface area contributed by atoms with E-state index in [0.717, 1.165) is 5.57 Å². The minimum atomic E-state index is -0.928. The van der Waals surface area contributed by atoms with Gasteiger partial charge in [-0.1, -0.05) is 13.5 Å². The minimum Gasteiger partial charge on any atom is -0.460 e. The molecule has 2 heterocycles. The average Bonchev–Trinajstić information content (AvgIpc) is 3.22. The number of esters is 1. The highest BCUT2D eigenvalue weighted by Crippen LogP contribution is 2.62. The predicted molar refractivity (Wildman–Crippen MR) is 113 cm³/mol. The zero-order valence-corrected chi connectivity index (χ0v) is 18.4. The first-order valence-electron chi connectivity index (χ1n) is 11.2. The van der Waals surface area contributed by atoms with Gasteiger partial charge < -0.3 is 19.4 Å². The van der Waals surface area contributed by atoms with Crippen LogP contribution in [0.25, 0.3) is 0 Å². The Morgan fingerprint density at radius 3 is 2.69 bits per heavy atom. The van der Waals surface area contributed by atoms with E-state index in [9.17, 15) is 24.6 Å². The molecule has 5 atom stereocenters. The zero-order chi connectivity index (χ0) is 23.0. The van der Waals surface area contributed by atoms with Crippen LogP contribution in [0.5, 0.6) is 0 Å². The molecule has 0 amide bonds. The number of cyclic esters (lactones) is 1. The lowest BCUT2D eigenvalue weighted by Gasteiger charge is -2.55. The zero-order valence-electron chi connectivity index (χ0n) is 18.4. The number of furan rings is 1. The number of aliphatic hydroxyl groups excluding tert-OH is 2. The molecule has 1 aromatic rings. The smallest absolute Gasteiger partial charge is 0.342 e. The number of carbonyl (C=O) groups excluding carboxylic acids is 3. The van der Waals surface area contributed by atoms with Crippen LogP contribution in [0.4, 0.5) is 0 Å². The number of carbonyl (C=O) groups is 3. The number of rotatable bonds is 4. The molecule has 0 radical (unpaired) electrons. The molecular weight excluding hydrogens is 412 g/mol. The van der Waals surface area contributed by atoms with Crippen molar-refractivity contribution in [3.8, 4) is 0 Å². The maximum absolute atomic E-state index is 13.9. The van der Waals surface area contributed by atoms with Gasteiger partial charge in [-0.15, -0.1) is 0 Å². The molecule has 4 aliphatic rings. The Hall–Kier alpha value is -2.51. The summed E-state index contributed by atoms with van der Waals surface area (Å²) in [6.45, 7) is 7.45. The van der Waals surface area contributed by atoms with E-state index < -0.39 is 28.8 Å². The molecule has 0 saturated heterocycles. The van der Waals surface area contributed by atoms with Gasteiger partial charge in [0.2, 0.25) is 5.78 Å². The van der Waals surface area contributed by atoms with Crippen molar-refractivity contribution in [3.05, 3.63) is 46.4 Å². The maximum Gasteiger partial charge on any atom is 0.342 e. The molecule has 170 valence electrons. The molecule has 5 rings (SSSR count). The Balaban J connectivity index is 1.84. The molecular formula is C25H28O7. The van der Waals surface area contributed by atoms with Crippen LogP contribution in [-0.2, 0) is 14.9 Å². The lowest BCUT2D eigenvalue weighted by molar-refractivity contribution is -0.134. The van der Waals surface area contributed by atoms with E-state index in [1.165, 1.54) is 6.26 Å². The van der Waals surface area contributed by atoms with Crippen LogP contribution in [-0.4, -0.2) is 47.1 Å². The van der Waals surface area contributed by atoms with Gasteiger partial charge in [-0.2, -0.15) is 0 Å². The van der Waals surface area contributed by atoms with Crippen LogP contribution in [0.2, 0.25) is 0 Å². The topological polar surface area (TPSA) is 114 Å². The summed E-state index contributed by atoms with van der Waals surface area (Å²) >= 11 is 0. The van der Waals surface area contributed by atoms with Gasteiger partial charge >= 0.3 is 5.97 Å². The summed E-state index contributed by atoms with van der Waals surface area (Å²) in [5.41, 5.74) is 0.884. The van der Waals surface area contributed by atoms with E-state index in [0.29, 0.717) is 42.4 Å². The van der Waals surface area contributed by atoms with Gasteiger partial charge in [-0.3, -0.25) is 9.59 Å². The van der Waals surface area contributed by atoms with E-state index >= 15 is 0 Å². The molecule has 0 spiro atoms. The number of ketones is 2. The SMILES string of the molecule is C=C(CO)[C@@H]1C[C@]2(C)C(=O)CCCC2C2=C1[C@]1(C)c3c(coc3C2=O)C(=O)O[C@@H]1CCO. The Labute approximate surface area is 186 Å². The van der Waals surface area contributed by atoms with Crippen LogP contribution in [0.3, 0.4) is 0 Å². The van der Waals surface area contributed by atoms with Crippen molar-refractivity contribution in [1.29, 1.82) is 0 Å². The van der Waals surface area contributed by atoms with Crippen molar-refractivity contribution >= 4 is 17.5 Å². The molecule has 3 aliphatic carbocycles. The Morgan fingerprint density at radius 1 is 1.25 bits per heavy atom. The summed E-state index contributed by atoms with van der Waals surface area (Å²) in [5, 5.41) is 19.8. The predicted octanol–water partition coefficient (Wildman–Crippen LogP) is 2.90. The molecule has 1 fully saturated rings. The molecule has 7 nitrogen and oxygen atoms in total. The molecule has 32 heavy (non-hydrogen) atoms. The first-order valence-corrected chi connectivity index (χ1v) is 11.2. The third-order valence-electron chi connectivity index (χ3n) is 8.44. The maximum atomic E-state index is 13.9. The summed E-state index contributed by atoms with van der Waals surface area (Å²) in [7, 11) is 0. The lowest BCUT2D eigenvalue weighted by atomic mass is 9.48. The first-order chi connectivity index (χ1) is 15.2. The molecule has 1 saturated carbocycles. The van der Waals surface area contributed by atoms with Gasteiger partial charge in [-0.05, 0) is 37.3 Å². The second kappa shape index (κ2) is 6.99. The van der Waals surface area contributed by atoms with Crippen LogP contribution in [0.15, 0.2) is 34.0 Å². The number of hydrogen-bond acceptors (Lipinski definition) is 7. The molecule has 0 bridgehead atoms. The highest BCUT2D eigenvalue weighted by Gasteiger charge is 2.62. The van der Waals surface area contributed by atoms with Gasteiger partial charge in [0.25, 0.3) is 0 Å². The normalized spacial score (nSPS) is 35.8. The summed E-state index contributed by atoms with van der Waals surface area (Å²) < 4.78 is 11.4. The monoisotopic (exact) mass is 440 g/mol. The first kappa shape index (κ1) is 21.3. The number of fused-ring (bicyclic) bond motifs is 3. The third kappa shape index (κ3) is 2.46. The Morgan fingerprint density at radius 2 is 2.00 bits per heavy atom. The summed E-state index contributed by atoms with van der Waals surface area (Å²) in [6, 6.07) is 0. The number of aliphatic hydroxyl groups is 2. The van der Waals surface area contributed by atoms with E-state index in [1.807, 2.05) is 13.8 Å². The standard InChI is InChI=1S/C25H28O7/c1-12(10-27)13-9-24(2)15(5-4-6-16(24)28)18-19(13)25(3)17(7-8-26)32-23(30)14-11-31-22(20(14)25)21(18)29/h11,13,15,17,26-27H,1,4-10H2,2-3H3/t13-,15?,17+,24-,25+/m0/s1. The molecule has 0 aromatic carbocycles. The van der Waals surface area contributed by atoms with Gasteiger partial charge in [-0.25, -0.2) is 4.79 Å². The van der Waals surface area contributed by atoms with Crippen LogP contribution in [0.1, 0.15) is 72.4 Å². The van der Waals surface area contributed by atoms with Crippen molar-refractivity contribution in [2.24, 2.45) is 17.3 Å². The molecule has 1 aliphatic heterocycles. The largest absolute Gasteiger partial charge is 0.460 e. The van der Waals surface area contributed by atoms with E-state index in [1.54, 1.807) is 0 Å². The fourth-order valence-electron chi connectivity index (χ4n) is 6.82. The fraction of sp³-hybridized carbons (Fsp3) is 0.560. The van der Waals surface area contributed by atoms with Crippen molar-refractivity contribution in [2.75, 3.05) is 13.2 Å². The quantitative estimate of drug-likeness (QED) is 0.547. The second-order valence-electron chi connectivity index (χ2n) is 9.98. The number of Topliss-reactive ketones (excluding diaryl/α,β-unsaturated/α-hetero) is 2.